The minimum absolute atomic E-state index is 0.136. The lowest BCUT2D eigenvalue weighted by Crippen LogP contribution is -2.19. The van der Waals surface area contributed by atoms with Crippen LogP contribution in [0.25, 0.3) is 10.2 Å². The third-order valence-corrected chi connectivity index (χ3v) is 4.38. The van der Waals surface area contributed by atoms with E-state index in [4.69, 9.17) is 12.2 Å². The van der Waals surface area contributed by atoms with Crippen molar-refractivity contribution in [2.45, 2.75) is 34.1 Å². The first-order valence-corrected chi connectivity index (χ1v) is 6.97. The number of nitrogens with one attached hydrogen (secondary N) is 1. The number of rotatable bonds is 2. The third-order valence-electron chi connectivity index (χ3n) is 2.99. The molecule has 2 rings (SSSR count). The van der Waals surface area contributed by atoms with E-state index in [9.17, 15) is 4.79 Å². The second kappa shape index (κ2) is 4.78. The minimum Gasteiger partial charge on any atom is -0.322 e. The van der Waals surface area contributed by atoms with Crippen LogP contribution in [-0.4, -0.2) is 15.4 Å². The van der Waals surface area contributed by atoms with Crippen molar-refractivity contribution < 1.29 is 0 Å². The van der Waals surface area contributed by atoms with Gasteiger partial charge in [0.25, 0.3) is 5.56 Å². The van der Waals surface area contributed by atoms with E-state index in [1.807, 2.05) is 27.7 Å². The average molecular weight is 281 g/mol. The van der Waals surface area contributed by atoms with Crippen LogP contribution >= 0.6 is 23.6 Å². The number of hydrogen-bond donors (Lipinski definition) is 1. The Labute approximate surface area is 114 Å². The summed E-state index contributed by atoms with van der Waals surface area (Å²) in [7, 11) is 0. The molecule has 96 valence electrons. The molecule has 0 radical (unpaired) electrons. The molecule has 0 spiro atoms. The molecule has 0 amide bonds. The summed E-state index contributed by atoms with van der Waals surface area (Å²) in [5, 5.41) is 4.96. The summed E-state index contributed by atoms with van der Waals surface area (Å²) in [6.07, 6.45) is 0.793. The molecule has 2 aromatic rings. The number of thiophene rings is 1. The molecule has 0 fully saturated rings. The second-order valence-electron chi connectivity index (χ2n) is 4.22. The molecular weight excluding hydrogens is 266 g/mol. The standard InChI is InChI=1S/C12H15N3OS2/c1-5-6(2)14-15-11(16)9-7(3)8(4)18-10(9)13-12(15)17/h5H2,1-4H3,(H,13,17)/b14-6+. The van der Waals surface area contributed by atoms with Crippen molar-refractivity contribution in [3.63, 3.8) is 0 Å². The van der Waals surface area contributed by atoms with Crippen molar-refractivity contribution in [2.24, 2.45) is 5.10 Å². The third kappa shape index (κ3) is 2.06. The van der Waals surface area contributed by atoms with Crippen molar-refractivity contribution in [3.05, 3.63) is 25.6 Å². The number of fused-ring (bicyclic) bond motifs is 1. The summed E-state index contributed by atoms with van der Waals surface area (Å²) in [6.45, 7) is 7.83. The fraction of sp³-hybridized carbons (Fsp3) is 0.417. The predicted octanol–water partition coefficient (Wildman–Crippen LogP) is 3.37. The first kappa shape index (κ1) is 13.2. The molecule has 0 aliphatic heterocycles. The van der Waals surface area contributed by atoms with Crippen molar-refractivity contribution >= 4 is 39.5 Å². The Morgan fingerprint density at radius 1 is 1.50 bits per heavy atom. The van der Waals surface area contributed by atoms with Crippen LogP contribution in [0.15, 0.2) is 9.90 Å². The first-order valence-electron chi connectivity index (χ1n) is 5.75. The monoisotopic (exact) mass is 281 g/mol. The first-order chi connectivity index (χ1) is 8.45. The summed E-state index contributed by atoms with van der Waals surface area (Å²) in [6, 6.07) is 0. The molecule has 0 saturated heterocycles. The lowest BCUT2D eigenvalue weighted by Gasteiger charge is -2.02. The molecule has 2 aromatic heterocycles. The lowest BCUT2D eigenvalue weighted by molar-refractivity contribution is 0.790. The summed E-state index contributed by atoms with van der Waals surface area (Å²) >= 11 is 6.75. The molecule has 6 heteroatoms. The number of aryl methyl sites for hydroxylation is 2. The minimum atomic E-state index is -0.136. The molecule has 2 heterocycles. The Bertz CT molecular complexity index is 749. The van der Waals surface area contributed by atoms with Crippen molar-refractivity contribution in [1.29, 1.82) is 0 Å². The van der Waals surface area contributed by atoms with Crippen LogP contribution in [0.5, 0.6) is 0 Å². The van der Waals surface area contributed by atoms with Crippen molar-refractivity contribution in [2.75, 3.05) is 0 Å². The van der Waals surface area contributed by atoms with Crippen molar-refractivity contribution in [3.8, 4) is 0 Å². The van der Waals surface area contributed by atoms with E-state index >= 15 is 0 Å². The maximum absolute atomic E-state index is 12.4. The summed E-state index contributed by atoms with van der Waals surface area (Å²) < 4.78 is 1.64. The Kier molecular flexibility index (Phi) is 3.49. The highest BCUT2D eigenvalue weighted by molar-refractivity contribution is 7.71. The normalized spacial score (nSPS) is 12.3. The van der Waals surface area contributed by atoms with Gasteiger partial charge in [0.15, 0.2) is 0 Å². The summed E-state index contributed by atoms with van der Waals surface area (Å²) in [5.41, 5.74) is 1.74. The Morgan fingerprint density at radius 2 is 2.17 bits per heavy atom. The molecule has 0 atom stereocenters. The summed E-state index contributed by atoms with van der Waals surface area (Å²) in [4.78, 5) is 17.5. The Morgan fingerprint density at radius 3 is 2.78 bits per heavy atom. The molecule has 0 unspecified atom stereocenters. The maximum Gasteiger partial charge on any atom is 0.284 e. The molecule has 18 heavy (non-hydrogen) atoms. The Balaban J connectivity index is 2.89. The fourth-order valence-electron chi connectivity index (χ4n) is 1.65. The fourth-order valence-corrected chi connectivity index (χ4v) is 2.99. The molecule has 0 saturated carbocycles. The smallest absolute Gasteiger partial charge is 0.284 e. The highest BCUT2D eigenvalue weighted by Gasteiger charge is 2.12. The SMILES string of the molecule is CC/C(C)=N/n1c(=S)[nH]c2sc(C)c(C)c2c1=O. The lowest BCUT2D eigenvalue weighted by atomic mass is 10.2. The zero-order chi connectivity index (χ0) is 13.4. The topological polar surface area (TPSA) is 50.1 Å². The quantitative estimate of drug-likeness (QED) is 0.677. The van der Waals surface area contributed by atoms with Gasteiger partial charge in [-0.15, -0.1) is 11.3 Å². The van der Waals surface area contributed by atoms with E-state index in [0.29, 0.717) is 10.2 Å². The van der Waals surface area contributed by atoms with E-state index < -0.39 is 0 Å². The molecule has 0 aromatic carbocycles. The van der Waals surface area contributed by atoms with E-state index in [1.54, 1.807) is 11.3 Å². The van der Waals surface area contributed by atoms with Gasteiger partial charge < -0.3 is 4.98 Å². The van der Waals surface area contributed by atoms with Crippen LogP contribution in [0.3, 0.4) is 0 Å². The van der Waals surface area contributed by atoms with E-state index in [-0.39, 0.29) is 5.56 Å². The van der Waals surface area contributed by atoms with E-state index in [0.717, 1.165) is 27.4 Å². The summed E-state index contributed by atoms with van der Waals surface area (Å²) in [5.74, 6) is 0. The van der Waals surface area contributed by atoms with E-state index in [1.165, 1.54) is 4.68 Å². The number of aromatic amines is 1. The van der Waals surface area contributed by atoms with Crippen LogP contribution < -0.4 is 5.56 Å². The zero-order valence-corrected chi connectivity index (χ0v) is 12.5. The molecule has 4 nitrogen and oxygen atoms in total. The van der Waals surface area contributed by atoms with E-state index in [2.05, 4.69) is 10.1 Å². The van der Waals surface area contributed by atoms with Gasteiger partial charge in [0, 0.05) is 10.6 Å². The van der Waals surface area contributed by atoms with Crippen LogP contribution in [0, 0.1) is 18.6 Å². The molecule has 0 aliphatic rings. The number of hydrogen-bond acceptors (Lipinski definition) is 4. The van der Waals surface area contributed by atoms with Gasteiger partial charge in [0.1, 0.15) is 4.83 Å². The van der Waals surface area contributed by atoms with Gasteiger partial charge in [0.05, 0.1) is 5.39 Å². The largest absolute Gasteiger partial charge is 0.322 e. The van der Waals surface area contributed by atoms with Crippen molar-refractivity contribution in [1.82, 2.24) is 9.66 Å². The predicted molar refractivity (Wildman–Crippen MR) is 79.5 cm³/mol. The van der Waals surface area contributed by atoms with Gasteiger partial charge in [-0.1, -0.05) is 6.92 Å². The number of H-pyrrole nitrogens is 1. The zero-order valence-electron chi connectivity index (χ0n) is 10.8. The molecule has 0 aliphatic carbocycles. The number of aromatic nitrogens is 2. The van der Waals surface area contributed by atoms with Gasteiger partial charge in [-0.05, 0) is 45.0 Å². The molecule has 0 bridgehead atoms. The van der Waals surface area contributed by atoms with Crippen LogP contribution in [0.4, 0.5) is 0 Å². The highest BCUT2D eigenvalue weighted by atomic mass is 32.1. The molecule has 1 N–H and O–H groups in total. The maximum atomic E-state index is 12.4. The average Bonchev–Trinajstić information content (AvgIpc) is 2.60. The van der Waals surface area contributed by atoms with Gasteiger partial charge >= 0.3 is 0 Å². The van der Waals surface area contributed by atoms with Gasteiger partial charge in [-0.3, -0.25) is 4.79 Å². The second-order valence-corrected chi connectivity index (χ2v) is 5.83. The van der Waals surface area contributed by atoms with Crippen LogP contribution in [0.2, 0.25) is 0 Å². The Hall–Kier alpha value is -1.27. The van der Waals surface area contributed by atoms with Gasteiger partial charge in [-0.25, -0.2) is 0 Å². The van der Waals surface area contributed by atoms with Gasteiger partial charge in [-0.2, -0.15) is 9.78 Å². The highest BCUT2D eigenvalue weighted by Crippen LogP contribution is 2.25. The van der Waals surface area contributed by atoms with Gasteiger partial charge in [0.2, 0.25) is 4.77 Å². The van der Waals surface area contributed by atoms with Crippen LogP contribution in [0.1, 0.15) is 30.7 Å². The molecular formula is C12H15N3OS2. The van der Waals surface area contributed by atoms with Crippen LogP contribution in [-0.2, 0) is 0 Å². The number of nitrogens with zero attached hydrogens (tertiary/aromatic N) is 2.